The van der Waals surface area contributed by atoms with Gasteiger partial charge in [-0.3, -0.25) is 0 Å². The van der Waals surface area contributed by atoms with E-state index in [1.165, 1.54) is 0 Å². The van der Waals surface area contributed by atoms with E-state index >= 15 is 0 Å². The molecule has 0 spiro atoms. The summed E-state index contributed by atoms with van der Waals surface area (Å²) in [6, 6.07) is 15.5. The predicted molar refractivity (Wildman–Crippen MR) is 78.5 cm³/mol. The Kier molecular flexibility index (Phi) is 5.11. The van der Waals surface area contributed by atoms with Crippen LogP contribution >= 0.6 is 11.6 Å². The van der Waals surface area contributed by atoms with Crippen molar-refractivity contribution >= 4 is 11.6 Å². The van der Waals surface area contributed by atoms with Crippen molar-refractivity contribution in [3.8, 4) is 6.07 Å². The molecule has 0 aliphatic rings. The molecule has 0 bridgehead atoms. The molecule has 102 valence electrons. The highest BCUT2D eigenvalue weighted by Gasteiger charge is 2.26. The van der Waals surface area contributed by atoms with Gasteiger partial charge >= 0.3 is 0 Å². The van der Waals surface area contributed by atoms with E-state index in [4.69, 9.17) is 11.6 Å². The lowest BCUT2D eigenvalue weighted by molar-refractivity contribution is 0.272. The number of benzene rings is 1. The van der Waals surface area contributed by atoms with Crippen LogP contribution in [0.3, 0.4) is 0 Å². The van der Waals surface area contributed by atoms with Crippen LogP contribution in [0.4, 0.5) is 0 Å². The van der Waals surface area contributed by atoms with E-state index in [0.29, 0.717) is 11.6 Å². The van der Waals surface area contributed by atoms with Crippen LogP contribution in [0, 0.1) is 11.3 Å². The van der Waals surface area contributed by atoms with Gasteiger partial charge in [0.25, 0.3) is 0 Å². The van der Waals surface area contributed by atoms with E-state index in [0.717, 1.165) is 11.1 Å². The van der Waals surface area contributed by atoms with Crippen LogP contribution in [0.25, 0.3) is 0 Å². The number of hydrogen-bond donors (Lipinski definition) is 1. The first-order valence-corrected chi connectivity index (χ1v) is 6.81. The van der Waals surface area contributed by atoms with Gasteiger partial charge in [-0.2, -0.15) is 5.26 Å². The number of nitriles is 1. The van der Waals surface area contributed by atoms with Crippen molar-refractivity contribution in [2.45, 2.75) is 18.3 Å². The molecule has 20 heavy (non-hydrogen) atoms. The fraction of sp³-hybridized carbons (Fsp3) is 0.250. The van der Waals surface area contributed by atoms with Crippen molar-refractivity contribution in [1.82, 2.24) is 4.98 Å². The molecule has 0 aliphatic heterocycles. The molecular weight excluding hydrogens is 272 g/mol. The maximum absolute atomic E-state index is 9.53. The van der Waals surface area contributed by atoms with Gasteiger partial charge in [-0.05, 0) is 23.6 Å². The Balaban J connectivity index is 2.42. The van der Waals surface area contributed by atoms with E-state index in [-0.39, 0.29) is 18.4 Å². The van der Waals surface area contributed by atoms with Gasteiger partial charge in [0.15, 0.2) is 0 Å². The van der Waals surface area contributed by atoms with Gasteiger partial charge < -0.3 is 5.11 Å². The number of hydrogen-bond acceptors (Lipinski definition) is 3. The maximum Gasteiger partial charge on any atom is 0.132 e. The third-order valence-electron chi connectivity index (χ3n) is 3.33. The second-order valence-corrected chi connectivity index (χ2v) is 4.88. The molecule has 1 aromatic carbocycles. The molecular formula is C16H15ClN2O. The summed E-state index contributed by atoms with van der Waals surface area (Å²) in [5.74, 6) is -0.529. The van der Waals surface area contributed by atoms with Gasteiger partial charge in [0, 0.05) is 18.7 Å². The molecule has 0 amide bonds. The van der Waals surface area contributed by atoms with E-state index in [9.17, 15) is 10.4 Å². The number of aliphatic hydroxyl groups excluding tert-OH is 1. The van der Waals surface area contributed by atoms with Gasteiger partial charge in [-0.15, -0.1) is 0 Å². The smallest absolute Gasteiger partial charge is 0.132 e. The number of halogens is 1. The van der Waals surface area contributed by atoms with Crippen molar-refractivity contribution in [3.63, 3.8) is 0 Å². The van der Waals surface area contributed by atoms with E-state index in [2.05, 4.69) is 11.1 Å². The Morgan fingerprint density at radius 2 is 1.95 bits per heavy atom. The number of rotatable bonds is 5. The molecule has 1 aromatic heterocycles. The lowest BCUT2D eigenvalue weighted by Gasteiger charge is -2.22. The minimum absolute atomic E-state index is 0.000896. The molecule has 1 heterocycles. The van der Waals surface area contributed by atoms with Crippen LogP contribution in [0.15, 0.2) is 48.7 Å². The zero-order valence-corrected chi connectivity index (χ0v) is 11.7. The summed E-state index contributed by atoms with van der Waals surface area (Å²) in [6.07, 6.45) is 2.09. The van der Waals surface area contributed by atoms with Crippen LogP contribution in [-0.2, 0) is 0 Å². The van der Waals surface area contributed by atoms with Gasteiger partial charge in [0.05, 0.1) is 12.0 Å². The van der Waals surface area contributed by atoms with Gasteiger partial charge in [-0.1, -0.05) is 48.0 Å². The number of aliphatic hydroxyl groups is 1. The lowest BCUT2D eigenvalue weighted by atomic mass is 9.81. The molecule has 0 saturated heterocycles. The van der Waals surface area contributed by atoms with E-state index in [1.54, 1.807) is 12.3 Å². The van der Waals surface area contributed by atoms with E-state index < -0.39 is 0 Å². The Morgan fingerprint density at radius 3 is 2.55 bits per heavy atom. The molecule has 2 rings (SSSR count). The lowest BCUT2D eigenvalue weighted by Crippen LogP contribution is -2.12. The molecule has 3 nitrogen and oxygen atoms in total. The first-order valence-electron chi connectivity index (χ1n) is 6.43. The second kappa shape index (κ2) is 7.04. The van der Waals surface area contributed by atoms with Crippen molar-refractivity contribution < 1.29 is 5.11 Å². The highest BCUT2D eigenvalue weighted by Crippen LogP contribution is 2.37. The Labute approximate surface area is 123 Å². The fourth-order valence-corrected chi connectivity index (χ4v) is 2.63. The fourth-order valence-electron chi connectivity index (χ4n) is 2.37. The summed E-state index contributed by atoms with van der Waals surface area (Å²) >= 11 is 6.14. The van der Waals surface area contributed by atoms with E-state index in [1.807, 2.05) is 36.4 Å². The van der Waals surface area contributed by atoms with Gasteiger partial charge in [-0.25, -0.2) is 4.98 Å². The summed E-state index contributed by atoms with van der Waals surface area (Å²) in [7, 11) is 0. The predicted octanol–water partition coefficient (Wildman–Crippen LogP) is 3.51. The van der Waals surface area contributed by atoms with Crippen molar-refractivity contribution in [1.29, 1.82) is 5.26 Å². The molecule has 1 N–H and O–H groups in total. The van der Waals surface area contributed by atoms with Crippen LogP contribution in [0.2, 0.25) is 5.15 Å². The number of nitrogens with zero attached hydrogens (tertiary/aromatic N) is 2. The van der Waals surface area contributed by atoms with Gasteiger partial charge in [0.2, 0.25) is 0 Å². The summed E-state index contributed by atoms with van der Waals surface area (Å²) in [5, 5.41) is 19.2. The first-order chi connectivity index (χ1) is 9.77. The Hall–Kier alpha value is -1.89. The summed E-state index contributed by atoms with van der Waals surface area (Å²) in [4.78, 5) is 4.07. The molecule has 0 aliphatic carbocycles. The van der Waals surface area contributed by atoms with Crippen LogP contribution in [0.1, 0.15) is 29.4 Å². The van der Waals surface area contributed by atoms with Crippen LogP contribution < -0.4 is 0 Å². The van der Waals surface area contributed by atoms with Crippen molar-refractivity contribution in [2.75, 3.05) is 6.61 Å². The maximum atomic E-state index is 9.53. The van der Waals surface area contributed by atoms with Gasteiger partial charge in [0.1, 0.15) is 5.15 Å². The molecule has 0 unspecified atom stereocenters. The normalized spacial score (nSPS) is 13.4. The molecule has 0 radical (unpaired) electrons. The largest absolute Gasteiger partial charge is 0.396 e. The highest BCUT2D eigenvalue weighted by atomic mass is 35.5. The minimum atomic E-state index is -0.356. The topological polar surface area (TPSA) is 56.9 Å². The zero-order chi connectivity index (χ0) is 14.4. The highest BCUT2D eigenvalue weighted by molar-refractivity contribution is 6.30. The summed E-state index contributed by atoms with van der Waals surface area (Å²) < 4.78 is 0. The van der Waals surface area contributed by atoms with Crippen molar-refractivity contribution in [2.24, 2.45) is 0 Å². The summed E-state index contributed by atoms with van der Waals surface area (Å²) in [5.41, 5.74) is 1.73. The Bertz CT molecular complexity index is 595. The molecule has 2 atom stereocenters. The Morgan fingerprint density at radius 1 is 1.20 bits per heavy atom. The standard InChI is InChI=1S/C16H15ClN2O/c17-16-14(7-4-9-19-16)13(8-10-20)15(11-18)12-5-2-1-3-6-12/h1-7,9,13,15,20H,8,10H2/t13-,15+/m1/s1. The number of pyridine rings is 1. The average molecular weight is 287 g/mol. The number of aromatic nitrogens is 1. The molecule has 2 aromatic rings. The quantitative estimate of drug-likeness (QED) is 0.856. The SMILES string of the molecule is N#C[C@@H](c1ccccc1)[C@H](CCO)c1cccnc1Cl. The third-order valence-corrected chi connectivity index (χ3v) is 3.64. The minimum Gasteiger partial charge on any atom is -0.396 e. The first kappa shape index (κ1) is 14.5. The molecule has 0 fully saturated rings. The average Bonchev–Trinajstić information content (AvgIpc) is 2.49. The summed E-state index contributed by atoms with van der Waals surface area (Å²) in [6.45, 7) is 0.000896. The van der Waals surface area contributed by atoms with Crippen molar-refractivity contribution in [3.05, 3.63) is 64.9 Å². The molecule has 0 saturated carbocycles. The van der Waals surface area contributed by atoms with Crippen LogP contribution in [-0.4, -0.2) is 16.7 Å². The zero-order valence-electron chi connectivity index (χ0n) is 10.9. The molecule has 4 heteroatoms. The second-order valence-electron chi connectivity index (χ2n) is 4.52. The third kappa shape index (κ3) is 3.16. The van der Waals surface area contributed by atoms with Crippen LogP contribution in [0.5, 0.6) is 0 Å². The monoisotopic (exact) mass is 286 g/mol.